The minimum absolute atomic E-state index is 0.0424. The molecule has 1 N–H and O–H groups in total. The number of nitrogens with one attached hydrogen (secondary N) is 1. The van der Waals surface area contributed by atoms with Crippen LogP contribution in [0.1, 0.15) is 11.1 Å². The van der Waals surface area contributed by atoms with Crippen molar-refractivity contribution in [1.29, 1.82) is 0 Å². The molecule has 1 saturated heterocycles. The van der Waals surface area contributed by atoms with Crippen LogP contribution in [-0.4, -0.2) is 63.0 Å². The van der Waals surface area contributed by atoms with E-state index in [1.165, 1.54) is 12.1 Å². The molecule has 1 fully saturated rings. The van der Waals surface area contributed by atoms with Gasteiger partial charge in [-0.3, -0.25) is 19.4 Å². The number of alkyl halides is 3. The Balaban J connectivity index is 1.32. The number of aryl methyl sites for hydroxylation is 1. The highest BCUT2D eigenvalue weighted by molar-refractivity contribution is 7.71. The number of halogens is 3. The second-order valence-electron chi connectivity index (χ2n) is 8.15. The SMILES string of the molecule is Cc1ccc(-c2n[nH]c(=S)n2CC(=O)N2CCN(Cc3ccc(OC(F)(F)F)cc3)CC2)cc1. The normalized spacial score (nSPS) is 14.9. The van der Waals surface area contributed by atoms with E-state index in [-0.39, 0.29) is 18.2 Å². The molecule has 1 aliphatic rings. The van der Waals surface area contributed by atoms with Gasteiger partial charge in [-0.1, -0.05) is 42.0 Å². The summed E-state index contributed by atoms with van der Waals surface area (Å²) in [5.41, 5.74) is 2.88. The van der Waals surface area contributed by atoms with E-state index in [2.05, 4.69) is 19.8 Å². The zero-order valence-corrected chi connectivity index (χ0v) is 19.3. The Morgan fingerprint density at radius 3 is 2.32 bits per heavy atom. The molecule has 0 saturated carbocycles. The number of aromatic amines is 1. The van der Waals surface area contributed by atoms with Crippen LogP contribution in [0.15, 0.2) is 48.5 Å². The Labute approximate surface area is 199 Å². The zero-order valence-electron chi connectivity index (χ0n) is 18.5. The van der Waals surface area contributed by atoms with E-state index in [9.17, 15) is 18.0 Å². The molecule has 3 aromatic rings. The molecule has 2 heterocycles. The van der Waals surface area contributed by atoms with E-state index in [1.807, 2.05) is 31.2 Å². The second-order valence-corrected chi connectivity index (χ2v) is 8.54. The summed E-state index contributed by atoms with van der Waals surface area (Å²) < 4.78 is 42.9. The highest BCUT2D eigenvalue weighted by Gasteiger charge is 2.31. The first-order valence-corrected chi connectivity index (χ1v) is 11.2. The van der Waals surface area contributed by atoms with Crippen LogP contribution in [-0.2, 0) is 17.9 Å². The summed E-state index contributed by atoms with van der Waals surface area (Å²) in [6.07, 6.45) is -4.70. The monoisotopic (exact) mass is 491 g/mol. The van der Waals surface area contributed by atoms with Crippen LogP contribution in [0.25, 0.3) is 11.4 Å². The number of aromatic nitrogens is 3. The van der Waals surface area contributed by atoms with Crippen molar-refractivity contribution in [3.05, 3.63) is 64.4 Å². The van der Waals surface area contributed by atoms with Crippen molar-refractivity contribution >= 4 is 18.1 Å². The molecule has 7 nitrogen and oxygen atoms in total. The van der Waals surface area contributed by atoms with Crippen LogP contribution < -0.4 is 4.74 Å². The molecule has 0 bridgehead atoms. The fourth-order valence-corrected chi connectivity index (χ4v) is 4.03. The third-order valence-corrected chi connectivity index (χ3v) is 5.96. The first-order chi connectivity index (χ1) is 16.2. The number of ether oxygens (including phenoxy) is 1. The maximum absolute atomic E-state index is 13.0. The van der Waals surface area contributed by atoms with Crippen LogP contribution >= 0.6 is 12.2 Å². The highest BCUT2D eigenvalue weighted by atomic mass is 32.1. The molecule has 0 radical (unpaired) electrons. The van der Waals surface area contributed by atoms with Gasteiger partial charge in [-0.05, 0) is 36.8 Å². The summed E-state index contributed by atoms with van der Waals surface area (Å²) in [6.45, 7) is 5.11. The second kappa shape index (κ2) is 9.98. The van der Waals surface area contributed by atoms with Crippen molar-refractivity contribution in [2.45, 2.75) is 26.4 Å². The van der Waals surface area contributed by atoms with E-state index in [0.29, 0.717) is 43.3 Å². The molecule has 4 rings (SSSR count). The Morgan fingerprint density at radius 1 is 1.06 bits per heavy atom. The van der Waals surface area contributed by atoms with Gasteiger partial charge in [0.1, 0.15) is 12.3 Å². The number of hydrogen-bond donors (Lipinski definition) is 1. The van der Waals surface area contributed by atoms with Gasteiger partial charge in [0.2, 0.25) is 5.91 Å². The van der Waals surface area contributed by atoms with Crippen molar-refractivity contribution in [2.75, 3.05) is 26.2 Å². The van der Waals surface area contributed by atoms with Crippen LogP contribution in [0.2, 0.25) is 0 Å². The van der Waals surface area contributed by atoms with Crippen molar-refractivity contribution in [3.63, 3.8) is 0 Å². The van der Waals surface area contributed by atoms with Gasteiger partial charge >= 0.3 is 6.36 Å². The Morgan fingerprint density at radius 2 is 1.71 bits per heavy atom. The Bertz CT molecular complexity index is 1180. The number of piperazine rings is 1. The third-order valence-electron chi connectivity index (χ3n) is 5.65. The van der Waals surface area contributed by atoms with Gasteiger partial charge < -0.3 is 9.64 Å². The average Bonchev–Trinajstić information content (AvgIpc) is 3.15. The van der Waals surface area contributed by atoms with Gasteiger partial charge in [0.05, 0.1) is 0 Å². The van der Waals surface area contributed by atoms with E-state index >= 15 is 0 Å². The molecule has 1 amide bonds. The lowest BCUT2D eigenvalue weighted by molar-refractivity contribution is -0.274. The molecule has 1 aliphatic heterocycles. The topological polar surface area (TPSA) is 66.4 Å². The first-order valence-electron chi connectivity index (χ1n) is 10.7. The van der Waals surface area contributed by atoms with Crippen LogP contribution in [0.4, 0.5) is 13.2 Å². The molecule has 11 heteroatoms. The summed E-state index contributed by atoms with van der Waals surface area (Å²) in [6, 6.07) is 13.7. The first kappa shape index (κ1) is 24.0. The number of rotatable bonds is 6. The zero-order chi connectivity index (χ0) is 24.3. The molecule has 2 aromatic carbocycles. The fraction of sp³-hybridized carbons (Fsp3) is 0.348. The van der Waals surface area contributed by atoms with Crippen LogP contribution in [0.3, 0.4) is 0 Å². The quantitative estimate of drug-likeness (QED) is 0.525. The standard InChI is InChI=1S/C23H24F3N5O2S/c1-16-2-6-18(7-3-16)21-27-28-22(34)31(21)15-20(32)30-12-10-29(11-13-30)14-17-4-8-19(9-5-17)33-23(24,25)26/h2-9H,10-15H2,1H3,(H,28,34). The molecule has 0 atom stereocenters. The largest absolute Gasteiger partial charge is 0.573 e. The molecule has 180 valence electrons. The maximum atomic E-state index is 13.0. The predicted octanol–water partition coefficient (Wildman–Crippen LogP) is 4.16. The van der Waals surface area contributed by atoms with Gasteiger partial charge in [0.25, 0.3) is 0 Å². The van der Waals surface area contributed by atoms with Crippen molar-refractivity contribution in [1.82, 2.24) is 24.6 Å². The molecule has 0 aliphatic carbocycles. The third kappa shape index (κ3) is 6.03. The lowest BCUT2D eigenvalue weighted by Crippen LogP contribution is -2.49. The van der Waals surface area contributed by atoms with Crippen molar-refractivity contribution in [3.8, 4) is 17.1 Å². The molecular formula is C23H24F3N5O2S. The lowest BCUT2D eigenvalue weighted by Gasteiger charge is -2.35. The molecular weight excluding hydrogens is 467 g/mol. The number of H-pyrrole nitrogens is 1. The number of hydrogen-bond acceptors (Lipinski definition) is 5. The number of nitrogens with zero attached hydrogens (tertiary/aromatic N) is 4. The van der Waals surface area contributed by atoms with Gasteiger partial charge in [0.15, 0.2) is 10.6 Å². The van der Waals surface area contributed by atoms with E-state index in [0.717, 1.165) is 16.7 Å². The average molecular weight is 492 g/mol. The summed E-state index contributed by atoms with van der Waals surface area (Å²) in [5.74, 6) is 0.337. The number of amides is 1. The lowest BCUT2D eigenvalue weighted by atomic mass is 10.1. The van der Waals surface area contributed by atoms with Crippen molar-refractivity contribution < 1.29 is 22.7 Å². The van der Waals surface area contributed by atoms with Crippen LogP contribution in [0, 0.1) is 11.7 Å². The number of carbonyl (C=O) groups is 1. The van der Waals surface area contributed by atoms with Crippen molar-refractivity contribution in [2.24, 2.45) is 0 Å². The molecule has 34 heavy (non-hydrogen) atoms. The van der Waals surface area contributed by atoms with Gasteiger partial charge in [-0.2, -0.15) is 5.10 Å². The minimum Gasteiger partial charge on any atom is -0.406 e. The number of benzene rings is 2. The molecule has 1 aromatic heterocycles. The highest BCUT2D eigenvalue weighted by Crippen LogP contribution is 2.23. The molecule has 0 spiro atoms. The number of carbonyl (C=O) groups excluding carboxylic acids is 1. The minimum atomic E-state index is -4.70. The summed E-state index contributed by atoms with van der Waals surface area (Å²) in [7, 11) is 0. The summed E-state index contributed by atoms with van der Waals surface area (Å²) >= 11 is 5.34. The van der Waals surface area contributed by atoms with E-state index in [1.54, 1.807) is 21.6 Å². The Hall–Kier alpha value is -3.18. The smallest absolute Gasteiger partial charge is 0.406 e. The summed E-state index contributed by atoms with van der Waals surface area (Å²) in [5, 5.41) is 7.07. The fourth-order valence-electron chi connectivity index (χ4n) is 3.83. The van der Waals surface area contributed by atoms with Gasteiger partial charge in [-0.25, -0.2) is 0 Å². The predicted molar refractivity (Wildman–Crippen MR) is 123 cm³/mol. The van der Waals surface area contributed by atoms with Crippen LogP contribution in [0.5, 0.6) is 5.75 Å². The van der Waals surface area contributed by atoms with E-state index in [4.69, 9.17) is 12.2 Å². The Kier molecular flexibility index (Phi) is 7.03. The van der Waals surface area contributed by atoms with Gasteiger partial charge in [-0.15, -0.1) is 13.2 Å². The van der Waals surface area contributed by atoms with Gasteiger partial charge in [0, 0.05) is 38.3 Å². The summed E-state index contributed by atoms with van der Waals surface area (Å²) in [4.78, 5) is 16.9. The van der Waals surface area contributed by atoms with E-state index < -0.39 is 6.36 Å². The molecule has 0 unspecified atom stereocenters. The maximum Gasteiger partial charge on any atom is 0.573 e.